The Labute approximate surface area is 148 Å². The minimum absolute atomic E-state index is 0.146. The molecule has 0 radical (unpaired) electrons. The summed E-state index contributed by atoms with van der Waals surface area (Å²) in [4.78, 5) is 12.7. The Hall–Kier alpha value is -2.33. The summed E-state index contributed by atoms with van der Waals surface area (Å²) in [5.41, 5.74) is 1.48. The van der Waals surface area contributed by atoms with Crippen molar-refractivity contribution < 1.29 is 14.6 Å². The van der Waals surface area contributed by atoms with Gasteiger partial charge in [-0.25, -0.2) is 0 Å². The second-order valence-electron chi connectivity index (χ2n) is 6.78. The van der Waals surface area contributed by atoms with Crippen molar-refractivity contribution in [3.8, 4) is 5.75 Å². The van der Waals surface area contributed by atoms with E-state index in [1.807, 2.05) is 30.3 Å². The molecule has 0 aliphatic heterocycles. The number of carbonyl (C=O) groups excluding carboxylic acids is 1. The third-order valence-electron chi connectivity index (χ3n) is 5.14. The number of benzene rings is 2. The lowest BCUT2D eigenvalue weighted by atomic mass is 9.68. The number of rotatable bonds is 5. The van der Waals surface area contributed by atoms with Crippen LogP contribution in [0.3, 0.4) is 0 Å². The number of nitrogens with one attached hydrogen (secondary N) is 1. The molecule has 0 heterocycles. The Bertz CT molecular complexity index is 716. The summed E-state index contributed by atoms with van der Waals surface area (Å²) in [5, 5.41) is 13.3. The zero-order valence-electron chi connectivity index (χ0n) is 14.6. The van der Waals surface area contributed by atoms with Crippen LogP contribution in [0.2, 0.25) is 0 Å². The van der Waals surface area contributed by atoms with Crippen LogP contribution in [0.5, 0.6) is 5.75 Å². The number of para-hydroxylation sites is 1. The third kappa shape index (κ3) is 3.85. The molecular weight excluding hydrogens is 314 g/mol. The Morgan fingerprint density at radius 3 is 2.64 bits per heavy atom. The quantitative estimate of drug-likeness (QED) is 0.879. The van der Waals surface area contributed by atoms with Crippen molar-refractivity contribution in [3.05, 3.63) is 65.7 Å². The normalized spacial score (nSPS) is 23.0. The predicted octanol–water partition coefficient (Wildman–Crippen LogP) is 3.30. The Balaban J connectivity index is 1.81. The van der Waals surface area contributed by atoms with E-state index in [2.05, 4.69) is 17.4 Å². The van der Waals surface area contributed by atoms with Crippen molar-refractivity contribution in [3.63, 3.8) is 0 Å². The molecule has 2 aromatic carbocycles. The van der Waals surface area contributed by atoms with Gasteiger partial charge in [-0.1, -0.05) is 42.5 Å². The van der Waals surface area contributed by atoms with Crippen molar-refractivity contribution in [2.75, 3.05) is 13.7 Å². The van der Waals surface area contributed by atoms with Gasteiger partial charge >= 0.3 is 0 Å². The molecule has 1 unspecified atom stereocenters. The maximum Gasteiger partial charge on any atom is 0.255 e. The van der Waals surface area contributed by atoms with E-state index >= 15 is 0 Å². The maximum absolute atomic E-state index is 12.7. The largest absolute Gasteiger partial charge is 0.496 e. The fourth-order valence-electron chi connectivity index (χ4n) is 3.82. The van der Waals surface area contributed by atoms with Gasteiger partial charge in [0.25, 0.3) is 5.91 Å². The number of hydrogen-bond donors (Lipinski definition) is 2. The van der Waals surface area contributed by atoms with E-state index in [1.54, 1.807) is 19.2 Å². The summed E-state index contributed by atoms with van der Waals surface area (Å²) < 4.78 is 5.28. The van der Waals surface area contributed by atoms with Crippen molar-refractivity contribution in [2.45, 2.75) is 37.2 Å². The van der Waals surface area contributed by atoms with Gasteiger partial charge in [0.15, 0.2) is 0 Å². The fourth-order valence-corrected chi connectivity index (χ4v) is 3.82. The number of hydrogen-bond acceptors (Lipinski definition) is 3. The van der Waals surface area contributed by atoms with Crippen LogP contribution in [0.4, 0.5) is 0 Å². The molecule has 2 aromatic rings. The van der Waals surface area contributed by atoms with Gasteiger partial charge in [-0.3, -0.25) is 4.79 Å². The molecule has 132 valence electrons. The summed E-state index contributed by atoms with van der Waals surface area (Å²) in [5.74, 6) is 0.422. The molecule has 1 fully saturated rings. The topological polar surface area (TPSA) is 58.6 Å². The van der Waals surface area contributed by atoms with Crippen LogP contribution in [0.25, 0.3) is 0 Å². The van der Waals surface area contributed by atoms with Crippen molar-refractivity contribution in [1.82, 2.24) is 5.32 Å². The molecule has 4 heteroatoms. The summed E-state index contributed by atoms with van der Waals surface area (Å²) >= 11 is 0. The lowest BCUT2D eigenvalue weighted by Gasteiger charge is -2.40. The number of amides is 1. The lowest BCUT2D eigenvalue weighted by molar-refractivity contribution is 0.0770. The molecule has 0 spiro atoms. The minimum Gasteiger partial charge on any atom is -0.496 e. The van der Waals surface area contributed by atoms with Crippen LogP contribution in [0, 0.1) is 0 Å². The summed E-state index contributed by atoms with van der Waals surface area (Å²) in [6, 6.07) is 17.4. The molecular formula is C21H25NO3. The van der Waals surface area contributed by atoms with Gasteiger partial charge in [-0.2, -0.15) is 0 Å². The molecule has 1 amide bonds. The van der Waals surface area contributed by atoms with Crippen LogP contribution in [-0.2, 0) is 5.41 Å². The smallest absolute Gasteiger partial charge is 0.255 e. The van der Waals surface area contributed by atoms with Crippen LogP contribution >= 0.6 is 0 Å². The van der Waals surface area contributed by atoms with Gasteiger partial charge in [-0.15, -0.1) is 0 Å². The molecule has 1 aliphatic rings. The molecule has 1 aliphatic carbocycles. The summed E-state index contributed by atoms with van der Waals surface area (Å²) in [6.07, 6.45) is 3.09. The van der Waals surface area contributed by atoms with Gasteiger partial charge < -0.3 is 15.2 Å². The molecule has 25 heavy (non-hydrogen) atoms. The molecule has 0 bridgehead atoms. The Kier molecular flexibility index (Phi) is 5.39. The van der Waals surface area contributed by atoms with Crippen molar-refractivity contribution in [2.24, 2.45) is 0 Å². The SMILES string of the molecule is COc1ccccc1C(=O)NCC1(c2ccccc2)CCC[C@H](O)C1. The average molecular weight is 339 g/mol. The third-order valence-corrected chi connectivity index (χ3v) is 5.14. The highest BCUT2D eigenvalue weighted by molar-refractivity contribution is 5.96. The standard InChI is InChI=1S/C21H25NO3/c1-25-19-12-6-5-11-18(19)20(24)22-15-21(13-7-10-17(23)14-21)16-8-3-2-4-9-16/h2-6,8-9,11-12,17,23H,7,10,13-15H2,1H3,(H,22,24)/t17-,21?/m0/s1. The van der Waals surface area contributed by atoms with E-state index in [-0.39, 0.29) is 17.4 Å². The first kappa shape index (κ1) is 17.5. The van der Waals surface area contributed by atoms with Gasteiger partial charge in [-0.05, 0) is 43.4 Å². The molecule has 3 rings (SSSR count). The average Bonchev–Trinajstić information content (AvgIpc) is 2.67. The van der Waals surface area contributed by atoms with Crippen LogP contribution < -0.4 is 10.1 Å². The van der Waals surface area contributed by atoms with Gasteiger partial charge in [0, 0.05) is 12.0 Å². The second-order valence-corrected chi connectivity index (χ2v) is 6.78. The van der Waals surface area contributed by atoms with E-state index in [0.29, 0.717) is 24.3 Å². The molecule has 1 saturated carbocycles. The molecule has 4 nitrogen and oxygen atoms in total. The van der Waals surface area contributed by atoms with E-state index in [4.69, 9.17) is 4.74 Å². The number of aliphatic hydroxyl groups is 1. The first-order chi connectivity index (χ1) is 12.1. The highest BCUT2D eigenvalue weighted by Gasteiger charge is 2.37. The predicted molar refractivity (Wildman–Crippen MR) is 97.9 cm³/mol. The van der Waals surface area contributed by atoms with Gasteiger partial charge in [0.2, 0.25) is 0 Å². The van der Waals surface area contributed by atoms with Crippen molar-refractivity contribution in [1.29, 1.82) is 0 Å². The fraction of sp³-hybridized carbons (Fsp3) is 0.381. The minimum atomic E-state index is -0.322. The maximum atomic E-state index is 12.7. The molecule has 2 N–H and O–H groups in total. The molecule has 2 atom stereocenters. The monoisotopic (exact) mass is 339 g/mol. The highest BCUT2D eigenvalue weighted by atomic mass is 16.5. The zero-order chi connectivity index (χ0) is 17.7. The second kappa shape index (κ2) is 7.70. The van der Waals surface area contributed by atoms with Gasteiger partial charge in [0.1, 0.15) is 5.75 Å². The van der Waals surface area contributed by atoms with Crippen molar-refractivity contribution >= 4 is 5.91 Å². The zero-order valence-corrected chi connectivity index (χ0v) is 14.6. The Morgan fingerprint density at radius 2 is 1.92 bits per heavy atom. The Morgan fingerprint density at radius 1 is 1.20 bits per heavy atom. The number of ether oxygens (including phenoxy) is 1. The number of carbonyl (C=O) groups is 1. The van der Waals surface area contributed by atoms with Crippen LogP contribution in [0.15, 0.2) is 54.6 Å². The first-order valence-electron chi connectivity index (χ1n) is 8.79. The summed E-state index contributed by atoms with van der Waals surface area (Å²) in [6.45, 7) is 0.505. The summed E-state index contributed by atoms with van der Waals surface area (Å²) in [7, 11) is 1.56. The van der Waals surface area contributed by atoms with E-state index in [9.17, 15) is 9.90 Å². The number of methoxy groups -OCH3 is 1. The van der Waals surface area contributed by atoms with Crippen LogP contribution in [-0.4, -0.2) is 30.8 Å². The van der Waals surface area contributed by atoms with E-state index in [1.165, 1.54) is 5.56 Å². The van der Waals surface area contributed by atoms with Gasteiger partial charge in [0.05, 0.1) is 18.8 Å². The van der Waals surface area contributed by atoms with Crippen LogP contribution in [0.1, 0.15) is 41.6 Å². The molecule has 0 aromatic heterocycles. The highest BCUT2D eigenvalue weighted by Crippen LogP contribution is 2.39. The first-order valence-corrected chi connectivity index (χ1v) is 8.79. The van der Waals surface area contributed by atoms with E-state index < -0.39 is 0 Å². The number of aliphatic hydroxyl groups excluding tert-OH is 1. The lowest BCUT2D eigenvalue weighted by Crippen LogP contribution is -2.45. The molecule has 0 saturated heterocycles. The van der Waals surface area contributed by atoms with E-state index in [0.717, 1.165) is 19.3 Å².